The maximum absolute atomic E-state index is 11.7. The Balaban J connectivity index is 2.06. The predicted octanol–water partition coefficient (Wildman–Crippen LogP) is 4.03. The number of fused-ring (bicyclic) bond motifs is 1. The van der Waals surface area contributed by atoms with Crippen molar-refractivity contribution >= 4 is 11.3 Å². The summed E-state index contributed by atoms with van der Waals surface area (Å²) in [6.45, 7) is 6.51. The van der Waals surface area contributed by atoms with Gasteiger partial charge in [0.25, 0.3) is 0 Å². The molecule has 2 nitrogen and oxygen atoms in total. The monoisotopic (exact) mass is 315 g/mol. The molecule has 1 heterocycles. The maximum Gasteiger partial charge on any atom is 0.125 e. The largest absolute Gasteiger partial charge is 0.379 e. The van der Waals surface area contributed by atoms with Crippen LogP contribution < -0.4 is 0 Å². The van der Waals surface area contributed by atoms with Gasteiger partial charge < -0.3 is 10.0 Å². The fourth-order valence-corrected chi connectivity index (χ4v) is 4.66. The predicted molar refractivity (Wildman–Crippen MR) is 93.4 cm³/mol. The summed E-state index contributed by atoms with van der Waals surface area (Å²) in [6, 6.07) is 13.0. The Labute approximate surface area is 137 Å². The molecule has 0 saturated carbocycles. The Bertz CT molecular complexity index is 606. The third-order valence-corrected chi connectivity index (χ3v) is 6.02. The van der Waals surface area contributed by atoms with E-state index in [1.54, 1.807) is 11.3 Å². The second kappa shape index (κ2) is 6.53. The van der Waals surface area contributed by atoms with E-state index in [2.05, 4.69) is 54.5 Å². The van der Waals surface area contributed by atoms with Gasteiger partial charge in [0.15, 0.2) is 0 Å². The summed E-state index contributed by atoms with van der Waals surface area (Å²) in [5, 5.41) is 13.7. The summed E-state index contributed by atoms with van der Waals surface area (Å²) in [4.78, 5) is 3.56. The number of rotatable bonds is 4. The molecule has 1 aliphatic carbocycles. The van der Waals surface area contributed by atoms with Crippen molar-refractivity contribution in [1.82, 2.24) is 4.90 Å². The highest BCUT2D eigenvalue weighted by atomic mass is 32.1. The van der Waals surface area contributed by atoms with E-state index in [0.717, 1.165) is 42.8 Å². The molecule has 1 aliphatic rings. The zero-order valence-corrected chi connectivity index (χ0v) is 14.3. The summed E-state index contributed by atoms with van der Waals surface area (Å²) in [6.07, 6.45) is 2.95. The topological polar surface area (TPSA) is 23.5 Å². The van der Waals surface area contributed by atoms with Gasteiger partial charge in [0, 0.05) is 17.3 Å². The molecular formula is C19H25NOS. The molecule has 1 N–H and O–H groups in total. The molecule has 2 atom stereocenters. The fourth-order valence-electron chi connectivity index (χ4n) is 3.82. The number of aliphatic hydroxyl groups is 1. The molecule has 2 aromatic rings. The van der Waals surface area contributed by atoms with Gasteiger partial charge in [0.2, 0.25) is 0 Å². The van der Waals surface area contributed by atoms with Gasteiger partial charge in [-0.2, -0.15) is 0 Å². The molecule has 22 heavy (non-hydrogen) atoms. The average Bonchev–Trinajstić information content (AvgIpc) is 3.04. The molecule has 0 amide bonds. The molecule has 0 unspecified atom stereocenters. The summed E-state index contributed by atoms with van der Waals surface area (Å²) < 4.78 is 0. The lowest BCUT2D eigenvalue weighted by Crippen LogP contribution is -2.40. The van der Waals surface area contributed by atoms with E-state index in [-0.39, 0.29) is 0 Å². The van der Waals surface area contributed by atoms with E-state index >= 15 is 0 Å². The minimum absolute atomic E-state index is 0.425. The molecule has 0 aliphatic heterocycles. The van der Waals surface area contributed by atoms with Crippen LogP contribution >= 0.6 is 11.3 Å². The highest BCUT2D eigenvalue weighted by molar-refractivity contribution is 7.10. The number of nitrogens with zero attached hydrogens (tertiary/aromatic N) is 1. The maximum atomic E-state index is 11.7. The lowest BCUT2D eigenvalue weighted by Gasteiger charge is -2.35. The quantitative estimate of drug-likeness (QED) is 0.861. The van der Waals surface area contributed by atoms with Crippen molar-refractivity contribution in [2.45, 2.75) is 44.8 Å². The van der Waals surface area contributed by atoms with Crippen molar-refractivity contribution in [2.24, 2.45) is 0 Å². The van der Waals surface area contributed by atoms with Crippen LogP contribution in [0.25, 0.3) is 0 Å². The van der Waals surface area contributed by atoms with E-state index in [4.69, 9.17) is 0 Å². The van der Waals surface area contributed by atoms with Gasteiger partial charge in [-0.1, -0.05) is 44.2 Å². The van der Waals surface area contributed by atoms with Crippen LogP contribution in [0.15, 0.2) is 41.8 Å². The number of hydrogen-bond donors (Lipinski definition) is 1. The zero-order chi connectivity index (χ0) is 15.6. The molecule has 0 bridgehead atoms. The van der Waals surface area contributed by atoms with Gasteiger partial charge in [0.05, 0.1) is 0 Å². The first-order chi connectivity index (χ1) is 10.7. The Morgan fingerprint density at radius 1 is 1.18 bits per heavy atom. The Kier molecular flexibility index (Phi) is 4.67. The van der Waals surface area contributed by atoms with Gasteiger partial charge in [0.1, 0.15) is 5.60 Å². The van der Waals surface area contributed by atoms with Crippen LogP contribution in [-0.2, 0) is 12.0 Å². The lowest BCUT2D eigenvalue weighted by molar-refractivity contribution is 0.0399. The van der Waals surface area contributed by atoms with Crippen molar-refractivity contribution < 1.29 is 5.11 Å². The minimum Gasteiger partial charge on any atom is -0.379 e. The third-order valence-electron chi connectivity index (χ3n) is 5.00. The Hall–Kier alpha value is -1.16. The van der Waals surface area contributed by atoms with Crippen LogP contribution in [0.3, 0.4) is 0 Å². The molecule has 0 radical (unpaired) electrons. The Morgan fingerprint density at radius 3 is 2.64 bits per heavy atom. The second-order valence-electron chi connectivity index (χ2n) is 6.11. The van der Waals surface area contributed by atoms with Crippen LogP contribution in [0.4, 0.5) is 0 Å². The molecule has 3 rings (SSSR count). The van der Waals surface area contributed by atoms with Crippen LogP contribution in [0.5, 0.6) is 0 Å². The van der Waals surface area contributed by atoms with Crippen molar-refractivity contribution in [1.29, 1.82) is 0 Å². The van der Waals surface area contributed by atoms with E-state index in [1.807, 2.05) is 6.07 Å². The fraction of sp³-hybridized carbons (Fsp3) is 0.474. The number of benzene rings is 1. The van der Waals surface area contributed by atoms with Gasteiger partial charge in [-0.05, 0) is 48.5 Å². The molecule has 1 aromatic carbocycles. The summed E-state index contributed by atoms with van der Waals surface area (Å²) in [5.74, 6) is 0. The van der Waals surface area contributed by atoms with Gasteiger partial charge in [-0.3, -0.25) is 0 Å². The standard InChI is InChI=1S/C19H25NOS/c1-3-20(4-2)16-12-11-15-8-5-6-9-17(15)19(21,14-16)18-10-7-13-22-18/h5-10,13,16,21H,3-4,11-12,14H2,1-2H3/t16-,19+/m0/s1. The normalized spacial score (nSPS) is 25.0. The second-order valence-corrected chi connectivity index (χ2v) is 7.06. The summed E-state index contributed by atoms with van der Waals surface area (Å²) >= 11 is 1.66. The van der Waals surface area contributed by atoms with E-state index < -0.39 is 5.60 Å². The highest BCUT2D eigenvalue weighted by Gasteiger charge is 2.40. The van der Waals surface area contributed by atoms with Gasteiger partial charge in [-0.25, -0.2) is 0 Å². The smallest absolute Gasteiger partial charge is 0.125 e. The molecule has 3 heteroatoms. The Morgan fingerprint density at radius 2 is 1.95 bits per heavy atom. The number of aryl methyl sites for hydroxylation is 1. The molecule has 0 saturated heterocycles. The van der Waals surface area contributed by atoms with Gasteiger partial charge >= 0.3 is 0 Å². The van der Waals surface area contributed by atoms with Crippen molar-refractivity contribution in [3.05, 3.63) is 57.8 Å². The third kappa shape index (κ3) is 2.73. The SMILES string of the molecule is CCN(CC)[C@H]1CCc2ccccc2[C@@](O)(c2cccs2)C1. The van der Waals surface area contributed by atoms with Crippen molar-refractivity contribution in [3.63, 3.8) is 0 Å². The van der Waals surface area contributed by atoms with E-state index in [1.165, 1.54) is 5.56 Å². The zero-order valence-electron chi connectivity index (χ0n) is 13.5. The molecule has 118 valence electrons. The van der Waals surface area contributed by atoms with Crippen LogP contribution in [0.2, 0.25) is 0 Å². The average molecular weight is 315 g/mol. The van der Waals surface area contributed by atoms with Crippen molar-refractivity contribution in [3.8, 4) is 0 Å². The molecule has 1 aromatic heterocycles. The molecular weight excluding hydrogens is 290 g/mol. The first-order valence-corrected chi connectivity index (χ1v) is 9.15. The number of hydrogen-bond acceptors (Lipinski definition) is 3. The van der Waals surface area contributed by atoms with Crippen LogP contribution in [-0.4, -0.2) is 29.1 Å². The summed E-state index contributed by atoms with van der Waals surface area (Å²) in [7, 11) is 0. The van der Waals surface area contributed by atoms with E-state index in [0.29, 0.717) is 6.04 Å². The molecule has 0 spiro atoms. The minimum atomic E-state index is -0.853. The van der Waals surface area contributed by atoms with Crippen molar-refractivity contribution in [2.75, 3.05) is 13.1 Å². The first-order valence-electron chi connectivity index (χ1n) is 8.27. The number of thiophene rings is 1. The first kappa shape index (κ1) is 15.7. The summed E-state index contributed by atoms with van der Waals surface area (Å²) in [5.41, 5.74) is 1.55. The van der Waals surface area contributed by atoms with Crippen LogP contribution in [0, 0.1) is 0 Å². The molecule has 0 fully saturated rings. The lowest BCUT2D eigenvalue weighted by atomic mass is 9.85. The van der Waals surface area contributed by atoms with Crippen LogP contribution in [0.1, 0.15) is 42.7 Å². The highest BCUT2D eigenvalue weighted by Crippen LogP contribution is 2.42. The van der Waals surface area contributed by atoms with E-state index in [9.17, 15) is 5.11 Å². The van der Waals surface area contributed by atoms with Gasteiger partial charge in [-0.15, -0.1) is 11.3 Å².